The summed E-state index contributed by atoms with van der Waals surface area (Å²) >= 11 is 0. The molecule has 2 N–H and O–H groups in total. The van der Waals surface area contributed by atoms with Crippen LogP contribution in [-0.2, 0) is 6.42 Å². The number of halogens is 3. The topological polar surface area (TPSA) is 44.5 Å². The molecule has 0 amide bonds. The Balaban J connectivity index is 2.32. The standard InChI is InChI=1S/C13H16F3NO2/c1-7-3-8-4-12(18-2)9(5-11(8)19-7)10(17)6-13(14,15)16/h4-5,7,10H,3,6,17H2,1-2H3/t7?,10-/m0/s1. The lowest BCUT2D eigenvalue weighted by molar-refractivity contribution is -0.138. The zero-order chi connectivity index (χ0) is 14.2. The zero-order valence-corrected chi connectivity index (χ0v) is 10.8. The van der Waals surface area contributed by atoms with Crippen LogP contribution in [0.4, 0.5) is 13.2 Å². The van der Waals surface area contributed by atoms with E-state index in [9.17, 15) is 13.2 Å². The normalized spacial score (nSPS) is 19.8. The fraction of sp³-hybridized carbons (Fsp3) is 0.538. The van der Waals surface area contributed by atoms with Gasteiger partial charge < -0.3 is 15.2 Å². The van der Waals surface area contributed by atoms with Crippen LogP contribution in [0.15, 0.2) is 12.1 Å². The van der Waals surface area contributed by atoms with Gasteiger partial charge in [-0.25, -0.2) is 0 Å². The van der Waals surface area contributed by atoms with Crippen LogP contribution in [-0.4, -0.2) is 19.4 Å². The third-order valence-electron chi connectivity index (χ3n) is 3.10. The van der Waals surface area contributed by atoms with Crippen molar-refractivity contribution in [2.75, 3.05) is 7.11 Å². The lowest BCUT2D eigenvalue weighted by Gasteiger charge is -2.18. The molecule has 0 aromatic heterocycles. The SMILES string of the molecule is COc1cc2c(cc1[C@@H](N)CC(F)(F)F)OC(C)C2. The molecule has 0 radical (unpaired) electrons. The van der Waals surface area contributed by atoms with E-state index in [2.05, 4.69) is 0 Å². The molecule has 6 heteroatoms. The van der Waals surface area contributed by atoms with Gasteiger partial charge in [0, 0.05) is 23.6 Å². The maximum Gasteiger partial charge on any atom is 0.390 e. The number of benzene rings is 1. The number of nitrogens with two attached hydrogens (primary N) is 1. The van der Waals surface area contributed by atoms with Gasteiger partial charge in [-0.15, -0.1) is 0 Å². The highest BCUT2D eigenvalue weighted by atomic mass is 19.4. The smallest absolute Gasteiger partial charge is 0.390 e. The van der Waals surface area contributed by atoms with Crippen LogP contribution >= 0.6 is 0 Å². The second kappa shape index (κ2) is 4.92. The highest BCUT2D eigenvalue weighted by Gasteiger charge is 2.33. The Morgan fingerprint density at radius 2 is 2.16 bits per heavy atom. The molecule has 1 heterocycles. The second-order valence-corrected chi connectivity index (χ2v) is 4.76. The van der Waals surface area contributed by atoms with Crippen LogP contribution in [0.2, 0.25) is 0 Å². The van der Waals surface area contributed by atoms with Gasteiger partial charge in [0.15, 0.2) is 0 Å². The Kier molecular flexibility index (Phi) is 3.62. The first-order chi connectivity index (χ1) is 8.80. The number of hydrogen-bond acceptors (Lipinski definition) is 3. The molecule has 0 saturated heterocycles. The number of methoxy groups -OCH3 is 1. The Hall–Kier alpha value is -1.43. The van der Waals surface area contributed by atoms with Crippen molar-refractivity contribution < 1.29 is 22.6 Å². The van der Waals surface area contributed by atoms with Crippen LogP contribution in [0.3, 0.4) is 0 Å². The number of fused-ring (bicyclic) bond motifs is 1. The van der Waals surface area contributed by atoms with E-state index in [0.717, 1.165) is 12.0 Å². The second-order valence-electron chi connectivity index (χ2n) is 4.76. The molecule has 19 heavy (non-hydrogen) atoms. The molecular weight excluding hydrogens is 259 g/mol. The van der Waals surface area contributed by atoms with Gasteiger partial charge in [0.2, 0.25) is 0 Å². The van der Waals surface area contributed by atoms with Gasteiger partial charge in [0.05, 0.1) is 13.5 Å². The molecular formula is C13H16F3NO2. The fourth-order valence-corrected chi connectivity index (χ4v) is 2.28. The summed E-state index contributed by atoms with van der Waals surface area (Å²) in [5.41, 5.74) is 6.89. The minimum Gasteiger partial charge on any atom is -0.496 e. The van der Waals surface area contributed by atoms with E-state index < -0.39 is 18.6 Å². The number of hydrogen-bond donors (Lipinski definition) is 1. The number of rotatable bonds is 3. The third-order valence-corrected chi connectivity index (χ3v) is 3.10. The van der Waals surface area contributed by atoms with Gasteiger partial charge in [-0.3, -0.25) is 0 Å². The number of ether oxygens (including phenoxy) is 2. The van der Waals surface area contributed by atoms with Gasteiger partial charge in [-0.05, 0) is 19.1 Å². The van der Waals surface area contributed by atoms with Crippen molar-refractivity contribution >= 4 is 0 Å². The molecule has 1 aromatic rings. The summed E-state index contributed by atoms with van der Waals surface area (Å²) in [4.78, 5) is 0. The maximum atomic E-state index is 12.4. The summed E-state index contributed by atoms with van der Waals surface area (Å²) in [6.07, 6.45) is -4.65. The van der Waals surface area contributed by atoms with E-state index in [0.29, 0.717) is 17.1 Å². The Morgan fingerprint density at radius 1 is 1.47 bits per heavy atom. The fourth-order valence-electron chi connectivity index (χ4n) is 2.28. The Morgan fingerprint density at radius 3 is 2.74 bits per heavy atom. The van der Waals surface area contributed by atoms with Crippen molar-refractivity contribution in [1.82, 2.24) is 0 Å². The van der Waals surface area contributed by atoms with Crippen molar-refractivity contribution in [1.29, 1.82) is 0 Å². The van der Waals surface area contributed by atoms with Crippen LogP contribution in [0.5, 0.6) is 11.5 Å². The van der Waals surface area contributed by atoms with Gasteiger partial charge in [0.25, 0.3) is 0 Å². The predicted octanol–water partition coefficient (Wildman–Crippen LogP) is 2.97. The van der Waals surface area contributed by atoms with Gasteiger partial charge in [-0.2, -0.15) is 13.2 Å². The zero-order valence-electron chi connectivity index (χ0n) is 10.8. The van der Waals surface area contributed by atoms with E-state index in [-0.39, 0.29) is 6.10 Å². The third kappa shape index (κ3) is 3.12. The summed E-state index contributed by atoms with van der Waals surface area (Å²) in [6, 6.07) is 2.12. The molecule has 106 valence electrons. The molecule has 2 rings (SSSR count). The van der Waals surface area contributed by atoms with Crippen LogP contribution in [0, 0.1) is 0 Å². The largest absolute Gasteiger partial charge is 0.496 e. The maximum absolute atomic E-state index is 12.4. The molecule has 0 spiro atoms. The van der Waals surface area contributed by atoms with Crippen molar-refractivity contribution in [2.24, 2.45) is 5.73 Å². The molecule has 3 nitrogen and oxygen atoms in total. The molecule has 2 atom stereocenters. The van der Waals surface area contributed by atoms with Crippen molar-refractivity contribution in [3.8, 4) is 11.5 Å². The molecule has 1 aliphatic heterocycles. The quantitative estimate of drug-likeness (QED) is 0.922. The van der Waals surface area contributed by atoms with Crippen LogP contribution < -0.4 is 15.2 Å². The van der Waals surface area contributed by atoms with Gasteiger partial charge in [-0.1, -0.05) is 0 Å². The van der Waals surface area contributed by atoms with E-state index >= 15 is 0 Å². The lowest BCUT2D eigenvalue weighted by atomic mass is 9.99. The molecule has 0 aliphatic carbocycles. The highest BCUT2D eigenvalue weighted by Crippen LogP contribution is 2.39. The van der Waals surface area contributed by atoms with Crippen molar-refractivity contribution in [2.45, 2.75) is 38.1 Å². The molecule has 0 fully saturated rings. The Labute approximate surface area is 109 Å². The van der Waals surface area contributed by atoms with Crippen molar-refractivity contribution in [3.63, 3.8) is 0 Å². The predicted molar refractivity (Wildman–Crippen MR) is 64.4 cm³/mol. The Bertz CT molecular complexity index is 474. The molecule has 0 saturated carbocycles. The molecule has 1 aromatic carbocycles. The first-order valence-corrected chi connectivity index (χ1v) is 6.00. The van der Waals surface area contributed by atoms with E-state index in [1.807, 2.05) is 6.92 Å². The van der Waals surface area contributed by atoms with Gasteiger partial charge >= 0.3 is 6.18 Å². The van der Waals surface area contributed by atoms with Crippen molar-refractivity contribution in [3.05, 3.63) is 23.3 Å². The average Bonchev–Trinajstić information content (AvgIpc) is 2.63. The summed E-state index contributed by atoms with van der Waals surface area (Å²) in [5, 5.41) is 0. The minimum atomic E-state index is -4.31. The summed E-state index contributed by atoms with van der Waals surface area (Å²) < 4.78 is 47.9. The monoisotopic (exact) mass is 275 g/mol. The van der Waals surface area contributed by atoms with E-state index in [1.54, 1.807) is 12.1 Å². The van der Waals surface area contributed by atoms with Crippen LogP contribution in [0.1, 0.15) is 30.5 Å². The van der Waals surface area contributed by atoms with Crippen LogP contribution in [0.25, 0.3) is 0 Å². The molecule has 0 bridgehead atoms. The van der Waals surface area contributed by atoms with E-state index in [4.69, 9.17) is 15.2 Å². The minimum absolute atomic E-state index is 0.0220. The van der Waals surface area contributed by atoms with E-state index in [1.165, 1.54) is 7.11 Å². The van der Waals surface area contributed by atoms with Gasteiger partial charge in [0.1, 0.15) is 17.6 Å². The average molecular weight is 275 g/mol. The first kappa shape index (κ1) is 14.0. The highest BCUT2D eigenvalue weighted by molar-refractivity contribution is 5.49. The lowest BCUT2D eigenvalue weighted by Crippen LogP contribution is -2.20. The summed E-state index contributed by atoms with van der Waals surface area (Å²) in [5.74, 6) is 0.981. The summed E-state index contributed by atoms with van der Waals surface area (Å²) in [6.45, 7) is 1.90. The summed E-state index contributed by atoms with van der Waals surface area (Å²) in [7, 11) is 1.42. The molecule has 1 unspecified atom stereocenters. The molecule has 1 aliphatic rings. The number of alkyl halides is 3. The first-order valence-electron chi connectivity index (χ1n) is 6.00.